The number of amides is 2. The normalized spacial score (nSPS) is 11.4. The molecule has 4 aromatic carbocycles. The lowest BCUT2D eigenvalue weighted by Gasteiger charge is -2.15. The van der Waals surface area contributed by atoms with Crippen LogP contribution in [0.15, 0.2) is 84.9 Å². The lowest BCUT2D eigenvalue weighted by Crippen LogP contribution is -2.42. The lowest BCUT2D eigenvalue weighted by molar-refractivity contribution is -0.145. The maximum absolute atomic E-state index is 13.0. The minimum atomic E-state index is -1.77. The largest absolute Gasteiger partial charge is 0.491 e. The van der Waals surface area contributed by atoms with Crippen LogP contribution in [0.5, 0.6) is 23.0 Å². The Morgan fingerprint density at radius 3 is 1.03 bits per heavy atom. The topological polar surface area (TPSA) is 439 Å². The van der Waals surface area contributed by atoms with Gasteiger partial charge in [0, 0.05) is 34.6 Å². The number of benzene rings is 4. The second kappa shape index (κ2) is 30.6. The molecular formula is C48H54N8O20. The molecule has 2 atom stereocenters. The van der Waals surface area contributed by atoms with E-state index in [2.05, 4.69) is 21.3 Å². The lowest BCUT2D eigenvalue weighted by atomic mass is 10.1. The van der Waals surface area contributed by atoms with Crippen molar-refractivity contribution in [3.05, 3.63) is 107 Å². The molecule has 0 fully saturated rings. The van der Waals surface area contributed by atoms with Crippen LogP contribution in [-0.2, 0) is 38.1 Å². The summed E-state index contributed by atoms with van der Waals surface area (Å²) in [7, 11) is 0. The van der Waals surface area contributed by atoms with E-state index >= 15 is 0 Å². The third-order valence-electron chi connectivity index (χ3n) is 9.58. The highest BCUT2D eigenvalue weighted by molar-refractivity contribution is 6.00. The van der Waals surface area contributed by atoms with E-state index in [4.69, 9.17) is 70.4 Å². The number of nitrogens with two attached hydrogens (primary N) is 2. The zero-order chi connectivity index (χ0) is 55.6. The predicted molar refractivity (Wildman–Crippen MR) is 263 cm³/mol. The summed E-state index contributed by atoms with van der Waals surface area (Å²) in [5.41, 5.74) is 11.3. The fourth-order valence-corrected chi connectivity index (χ4v) is 6.14. The fourth-order valence-electron chi connectivity index (χ4n) is 6.14. The summed E-state index contributed by atoms with van der Waals surface area (Å²) in [6.07, 6.45) is -1.81. The number of carboxylic acid groups (broad SMARTS) is 4. The second-order valence-electron chi connectivity index (χ2n) is 15.5. The Hall–Kier alpha value is -9.38. The van der Waals surface area contributed by atoms with Crippen molar-refractivity contribution < 1.29 is 96.7 Å². The molecule has 0 radical (unpaired) electrons. The quantitative estimate of drug-likeness (QED) is 0.0106. The first-order valence-electron chi connectivity index (χ1n) is 22.5. The smallest absolute Gasteiger partial charge is 0.343 e. The number of hydrogen-bond acceptors (Lipinski definition) is 18. The summed E-state index contributed by atoms with van der Waals surface area (Å²) >= 11 is 0. The summed E-state index contributed by atoms with van der Waals surface area (Å²) < 4.78 is 44.4. The Morgan fingerprint density at radius 2 is 0.737 bits per heavy atom. The number of hydrogen-bond donors (Lipinski definition) is 12. The van der Waals surface area contributed by atoms with Crippen LogP contribution in [-0.4, -0.2) is 158 Å². The van der Waals surface area contributed by atoms with E-state index < -0.39 is 72.6 Å². The van der Waals surface area contributed by atoms with E-state index in [-0.39, 0.29) is 123 Å². The number of guanidine groups is 2. The number of anilines is 2. The highest BCUT2D eigenvalue weighted by Gasteiger charge is 2.26. The van der Waals surface area contributed by atoms with E-state index in [9.17, 15) is 48.6 Å². The average Bonchev–Trinajstić information content (AvgIpc) is 3.35. The van der Waals surface area contributed by atoms with E-state index in [0.29, 0.717) is 11.4 Å². The molecular weight excluding hydrogens is 1010 g/mol. The van der Waals surface area contributed by atoms with Gasteiger partial charge >= 0.3 is 35.8 Å². The van der Waals surface area contributed by atoms with E-state index in [0.717, 1.165) is 12.1 Å². The Bertz CT molecular complexity index is 2520. The molecule has 28 nitrogen and oxygen atoms in total. The van der Waals surface area contributed by atoms with Gasteiger partial charge in [-0.1, -0.05) is 0 Å². The Kier molecular flexibility index (Phi) is 23.8. The van der Waals surface area contributed by atoms with Crippen LogP contribution in [0.1, 0.15) is 54.3 Å². The minimum Gasteiger partial charge on any atom is -0.491 e. The molecule has 28 heteroatoms. The number of carbonyl (C=O) groups is 8. The third-order valence-corrected chi connectivity index (χ3v) is 9.58. The molecule has 0 bridgehead atoms. The molecule has 0 unspecified atom stereocenters. The molecule has 0 saturated heterocycles. The maximum atomic E-state index is 13.0. The molecule has 14 N–H and O–H groups in total. The summed E-state index contributed by atoms with van der Waals surface area (Å²) in [5.74, 6) is -10.7. The van der Waals surface area contributed by atoms with Crippen LogP contribution in [0.25, 0.3) is 0 Å². The van der Waals surface area contributed by atoms with Crippen molar-refractivity contribution >= 4 is 70.9 Å². The third kappa shape index (κ3) is 21.8. The second-order valence-corrected chi connectivity index (χ2v) is 15.5. The van der Waals surface area contributed by atoms with Crippen molar-refractivity contribution in [1.82, 2.24) is 10.6 Å². The molecule has 4 aromatic rings. The van der Waals surface area contributed by atoms with Gasteiger partial charge in [0.05, 0.1) is 76.8 Å². The number of ether oxygens (including phenoxy) is 8. The van der Waals surface area contributed by atoms with Gasteiger partial charge in [-0.25, -0.2) is 19.2 Å². The summed E-state index contributed by atoms with van der Waals surface area (Å²) in [6.45, 7) is 1.05. The zero-order valence-corrected chi connectivity index (χ0v) is 40.2. The molecule has 406 valence electrons. The maximum Gasteiger partial charge on any atom is 0.343 e. The molecule has 0 spiro atoms. The van der Waals surface area contributed by atoms with Crippen molar-refractivity contribution in [1.29, 1.82) is 10.8 Å². The van der Waals surface area contributed by atoms with Crippen molar-refractivity contribution in [2.45, 2.75) is 24.9 Å². The molecule has 0 aromatic heterocycles. The van der Waals surface area contributed by atoms with Gasteiger partial charge in [0.25, 0.3) is 11.8 Å². The SMILES string of the molecule is N=C(N)Nc1ccc(C(=O)Oc2cc(OCCOCCOCCOCCOCCOc3cc(OC(=O)c4ccc(NC(=N)N)cc4)cc(C(=O)N[C@@H](CC(=O)O)C(=O)O)c3)cc(C(=O)N[C@@H](CC(=O)O)C(=O)O)c2)cc1. The molecule has 0 heterocycles. The van der Waals surface area contributed by atoms with Gasteiger partial charge in [0.2, 0.25) is 0 Å². The number of carboxylic acids is 4. The van der Waals surface area contributed by atoms with Crippen molar-refractivity contribution in [2.24, 2.45) is 11.5 Å². The van der Waals surface area contributed by atoms with Gasteiger partial charge in [-0.15, -0.1) is 0 Å². The molecule has 0 saturated carbocycles. The van der Waals surface area contributed by atoms with Gasteiger partial charge in [-0.05, 0) is 72.8 Å². The Labute approximate surface area is 431 Å². The van der Waals surface area contributed by atoms with Crippen LogP contribution in [0, 0.1) is 10.8 Å². The van der Waals surface area contributed by atoms with Gasteiger partial charge < -0.3 is 91.1 Å². The van der Waals surface area contributed by atoms with Crippen LogP contribution >= 0.6 is 0 Å². The summed E-state index contributed by atoms with van der Waals surface area (Å²) in [6, 6.07) is 15.3. The molecule has 76 heavy (non-hydrogen) atoms. The van der Waals surface area contributed by atoms with Gasteiger partial charge in [-0.3, -0.25) is 30.0 Å². The van der Waals surface area contributed by atoms with E-state index in [1.54, 1.807) is 0 Å². The molecule has 0 aliphatic heterocycles. The molecule has 2 amide bonds. The van der Waals surface area contributed by atoms with Crippen molar-refractivity contribution in [3.8, 4) is 23.0 Å². The fraction of sp³-hybridized carbons (Fsp3) is 0.292. The van der Waals surface area contributed by atoms with Gasteiger partial charge in [-0.2, -0.15) is 0 Å². The Morgan fingerprint density at radius 1 is 0.434 bits per heavy atom. The standard InChI is InChI=1S/C48H54N8O20/c49-47(50)53-31-5-1-27(2-6-31)45(67)75-35-21-29(41(61)55-37(43(63)64)25-39(57)58)19-33(23-35)73-17-15-71-13-11-69-9-10-70-12-14-72-16-18-74-34-20-30(42(62)56-38(44(65)66)26-40(59)60)22-36(24-34)76-46(68)28-3-7-32(8-4-28)54-48(51)52/h1-8,19-24,37-38H,9-18,25-26H2,(H,55,61)(H,56,62)(H,57,58)(H,59,60)(H,63,64)(H,65,66)(H4,49,50,53)(H4,51,52,54)/t37-,38-/m0/s1. The molecule has 0 aliphatic carbocycles. The number of carbonyl (C=O) groups excluding carboxylic acids is 4. The van der Waals surface area contributed by atoms with Crippen molar-refractivity contribution in [3.63, 3.8) is 0 Å². The predicted octanol–water partition coefficient (Wildman–Crippen LogP) is 1.58. The van der Waals surface area contributed by atoms with E-state index in [1.807, 2.05) is 0 Å². The van der Waals surface area contributed by atoms with Crippen LogP contribution in [0.2, 0.25) is 0 Å². The first-order chi connectivity index (χ1) is 36.3. The first kappa shape index (κ1) is 59.2. The highest BCUT2D eigenvalue weighted by Crippen LogP contribution is 2.26. The van der Waals surface area contributed by atoms with Crippen LogP contribution in [0.3, 0.4) is 0 Å². The van der Waals surface area contributed by atoms with Crippen LogP contribution in [0.4, 0.5) is 11.4 Å². The number of aliphatic carboxylic acids is 4. The summed E-state index contributed by atoms with van der Waals surface area (Å²) in [4.78, 5) is 97.5. The monoisotopic (exact) mass is 1060 g/mol. The van der Waals surface area contributed by atoms with Crippen molar-refractivity contribution in [2.75, 3.05) is 76.7 Å². The van der Waals surface area contributed by atoms with Crippen LogP contribution < -0.4 is 51.7 Å². The van der Waals surface area contributed by atoms with E-state index in [1.165, 1.54) is 72.8 Å². The molecule has 0 aliphatic rings. The average molecular weight is 1060 g/mol. The van der Waals surface area contributed by atoms with Gasteiger partial charge in [0.1, 0.15) is 48.3 Å². The minimum absolute atomic E-state index is 0.0249. The van der Waals surface area contributed by atoms with Gasteiger partial charge in [0.15, 0.2) is 11.9 Å². The number of nitrogens with one attached hydrogen (secondary N) is 6. The Balaban J connectivity index is 1.18. The molecule has 4 rings (SSSR count). The number of esters is 2. The first-order valence-corrected chi connectivity index (χ1v) is 22.5. The zero-order valence-electron chi connectivity index (χ0n) is 40.2. The summed E-state index contributed by atoms with van der Waals surface area (Å²) in [5, 5.41) is 61.0. The number of rotatable bonds is 33. The highest BCUT2D eigenvalue weighted by atomic mass is 16.6.